The lowest BCUT2D eigenvalue weighted by Gasteiger charge is -2.10. The predicted octanol–water partition coefficient (Wildman–Crippen LogP) is 2.72. The number of benzene rings is 2. The second-order valence-electron chi connectivity index (χ2n) is 4.18. The molecule has 0 bridgehead atoms. The fourth-order valence-electron chi connectivity index (χ4n) is 1.58. The van der Waals surface area contributed by atoms with Gasteiger partial charge in [-0.15, -0.1) is 0 Å². The Morgan fingerprint density at radius 1 is 0.905 bits per heavy atom. The van der Waals surface area contributed by atoms with Crippen LogP contribution < -0.4 is 16.2 Å². The van der Waals surface area contributed by atoms with Crippen LogP contribution in [-0.2, 0) is 4.79 Å². The third kappa shape index (κ3) is 5.46. The molecule has 0 atom stereocenters. The summed E-state index contributed by atoms with van der Waals surface area (Å²) >= 11 is 5.07. The Morgan fingerprint density at radius 2 is 1.52 bits per heavy atom. The Bertz CT molecular complexity index is 626. The molecule has 2 aromatic carbocycles. The van der Waals surface area contributed by atoms with Gasteiger partial charge in [-0.2, -0.15) is 0 Å². The number of hydrogen-bond acceptors (Lipinski definition) is 2. The molecule has 0 saturated heterocycles. The molecule has 106 valence electrons. The number of anilines is 1. The molecule has 0 aliphatic carbocycles. The van der Waals surface area contributed by atoms with Gasteiger partial charge < -0.3 is 5.32 Å². The minimum Gasteiger partial charge on any atom is -0.331 e. The topological polar surface area (TPSA) is 53.2 Å². The highest BCUT2D eigenvalue weighted by molar-refractivity contribution is 7.80. The number of hydrogen-bond donors (Lipinski definition) is 3. The van der Waals surface area contributed by atoms with Crippen molar-refractivity contribution in [2.45, 2.75) is 0 Å². The van der Waals surface area contributed by atoms with Crippen molar-refractivity contribution in [2.24, 2.45) is 0 Å². The van der Waals surface area contributed by atoms with Crippen molar-refractivity contribution < 1.29 is 4.79 Å². The first-order valence-corrected chi connectivity index (χ1v) is 6.80. The van der Waals surface area contributed by atoms with E-state index in [2.05, 4.69) is 16.2 Å². The summed E-state index contributed by atoms with van der Waals surface area (Å²) in [5, 5.41) is 3.27. The van der Waals surface area contributed by atoms with Gasteiger partial charge in [0.25, 0.3) is 5.91 Å². The van der Waals surface area contributed by atoms with Crippen LogP contribution in [0.2, 0.25) is 0 Å². The van der Waals surface area contributed by atoms with E-state index in [0.29, 0.717) is 5.11 Å². The zero-order valence-corrected chi connectivity index (χ0v) is 12.1. The van der Waals surface area contributed by atoms with Gasteiger partial charge in [0.2, 0.25) is 0 Å². The third-order valence-corrected chi connectivity index (χ3v) is 2.76. The van der Waals surface area contributed by atoms with E-state index in [1.165, 1.54) is 6.08 Å². The van der Waals surface area contributed by atoms with Gasteiger partial charge >= 0.3 is 0 Å². The third-order valence-electron chi connectivity index (χ3n) is 2.56. The van der Waals surface area contributed by atoms with Gasteiger partial charge in [-0.1, -0.05) is 48.5 Å². The number of hydrazine groups is 1. The van der Waals surface area contributed by atoms with Gasteiger partial charge in [-0.05, 0) is 36.0 Å². The highest BCUT2D eigenvalue weighted by Crippen LogP contribution is 2.04. The molecule has 2 rings (SSSR count). The largest absolute Gasteiger partial charge is 0.331 e. The monoisotopic (exact) mass is 297 g/mol. The summed E-state index contributed by atoms with van der Waals surface area (Å²) in [7, 11) is 0. The zero-order valence-electron chi connectivity index (χ0n) is 11.2. The van der Waals surface area contributed by atoms with E-state index in [9.17, 15) is 4.79 Å². The summed E-state index contributed by atoms with van der Waals surface area (Å²) in [5.74, 6) is -0.281. The highest BCUT2D eigenvalue weighted by Gasteiger charge is 1.98. The molecule has 5 heteroatoms. The van der Waals surface area contributed by atoms with Gasteiger partial charge in [0.05, 0.1) is 0 Å². The lowest BCUT2D eigenvalue weighted by molar-refractivity contribution is -0.116. The van der Waals surface area contributed by atoms with E-state index in [0.717, 1.165) is 11.3 Å². The quantitative estimate of drug-likeness (QED) is 0.463. The van der Waals surface area contributed by atoms with Crippen LogP contribution in [0.25, 0.3) is 6.08 Å². The molecule has 0 spiro atoms. The lowest BCUT2D eigenvalue weighted by Crippen LogP contribution is -2.43. The molecular formula is C16H15N3OS. The number of amides is 1. The van der Waals surface area contributed by atoms with Crippen LogP contribution >= 0.6 is 12.2 Å². The standard InChI is InChI=1S/C16H15N3OS/c20-15(12-11-13-7-3-1-4-8-13)18-19-16(21)17-14-9-5-2-6-10-14/h1-12H,(H,18,20)(H2,17,19,21)/b12-11+. The average molecular weight is 297 g/mol. The number of thiocarbonyl (C=S) groups is 1. The summed E-state index contributed by atoms with van der Waals surface area (Å²) in [6.45, 7) is 0. The molecule has 0 unspecified atom stereocenters. The zero-order chi connectivity index (χ0) is 14.9. The van der Waals surface area contributed by atoms with Crippen molar-refractivity contribution >= 4 is 35.0 Å². The SMILES string of the molecule is O=C(/C=C/c1ccccc1)NNC(=S)Nc1ccccc1. The lowest BCUT2D eigenvalue weighted by atomic mass is 10.2. The average Bonchev–Trinajstić information content (AvgIpc) is 2.53. The minimum absolute atomic E-state index is 0.281. The number of rotatable bonds is 3. The molecule has 3 N–H and O–H groups in total. The van der Waals surface area contributed by atoms with E-state index < -0.39 is 0 Å². The maximum absolute atomic E-state index is 11.6. The molecular weight excluding hydrogens is 282 g/mol. The van der Waals surface area contributed by atoms with Crippen molar-refractivity contribution in [1.29, 1.82) is 0 Å². The van der Waals surface area contributed by atoms with Gasteiger partial charge in [0, 0.05) is 11.8 Å². The Hall–Kier alpha value is -2.66. The first-order chi connectivity index (χ1) is 10.2. The first kappa shape index (κ1) is 14.7. The number of carbonyl (C=O) groups excluding carboxylic acids is 1. The highest BCUT2D eigenvalue weighted by atomic mass is 32.1. The molecule has 0 aliphatic rings. The van der Waals surface area contributed by atoms with Gasteiger partial charge in [0.15, 0.2) is 5.11 Å². The molecule has 4 nitrogen and oxygen atoms in total. The number of para-hydroxylation sites is 1. The Balaban J connectivity index is 1.76. The smallest absolute Gasteiger partial charge is 0.262 e. The molecule has 0 fully saturated rings. The van der Waals surface area contributed by atoms with Gasteiger partial charge in [-0.25, -0.2) is 0 Å². The van der Waals surface area contributed by atoms with E-state index in [1.807, 2.05) is 60.7 Å². The fourth-order valence-corrected chi connectivity index (χ4v) is 1.75. The Kier molecular flexibility index (Phi) is 5.49. The molecule has 0 saturated carbocycles. The van der Waals surface area contributed by atoms with Crippen molar-refractivity contribution in [3.63, 3.8) is 0 Å². The summed E-state index contributed by atoms with van der Waals surface area (Å²) in [4.78, 5) is 11.6. The van der Waals surface area contributed by atoms with E-state index in [1.54, 1.807) is 6.08 Å². The van der Waals surface area contributed by atoms with Crippen LogP contribution in [0.4, 0.5) is 5.69 Å². The molecule has 0 aliphatic heterocycles. The van der Waals surface area contributed by atoms with Gasteiger partial charge in [0.1, 0.15) is 0 Å². The van der Waals surface area contributed by atoms with E-state index >= 15 is 0 Å². The minimum atomic E-state index is -0.281. The molecule has 1 amide bonds. The van der Waals surface area contributed by atoms with Crippen LogP contribution in [0, 0.1) is 0 Å². The Labute approximate surface area is 128 Å². The normalized spacial score (nSPS) is 10.1. The maximum atomic E-state index is 11.6. The van der Waals surface area contributed by atoms with Crippen LogP contribution in [0.15, 0.2) is 66.7 Å². The van der Waals surface area contributed by atoms with Crippen LogP contribution in [-0.4, -0.2) is 11.0 Å². The van der Waals surface area contributed by atoms with E-state index in [-0.39, 0.29) is 5.91 Å². The van der Waals surface area contributed by atoms with Crippen LogP contribution in [0.5, 0.6) is 0 Å². The second-order valence-corrected chi connectivity index (χ2v) is 4.59. The molecule has 2 aromatic rings. The molecule has 0 heterocycles. The maximum Gasteiger partial charge on any atom is 0.262 e. The van der Waals surface area contributed by atoms with Gasteiger partial charge in [-0.3, -0.25) is 15.6 Å². The summed E-state index contributed by atoms with van der Waals surface area (Å²) in [5.41, 5.74) is 6.94. The van der Waals surface area contributed by atoms with Crippen molar-refractivity contribution in [3.8, 4) is 0 Å². The van der Waals surface area contributed by atoms with Crippen molar-refractivity contribution in [2.75, 3.05) is 5.32 Å². The number of nitrogens with one attached hydrogen (secondary N) is 3. The summed E-state index contributed by atoms with van der Waals surface area (Å²) in [6, 6.07) is 19.0. The summed E-state index contributed by atoms with van der Waals surface area (Å²) in [6.07, 6.45) is 3.16. The molecule has 0 radical (unpaired) electrons. The van der Waals surface area contributed by atoms with Crippen LogP contribution in [0.1, 0.15) is 5.56 Å². The second kappa shape index (κ2) is 7.81. The van der Waals surface area contributed by atoms with E-state index in [4.69, 9.17) is 12.2 Å². The predicted molar refractivity (Wildman–Crippen MR) is 89.4 cm³/mol. The van der Waals surface area contributed by atoms with Crippen LogP contribution in [0.3, 0.4) is 0 Å². The van der Waals surface area contributed by atoms with Crippen molar-refractivity contribution in [3.05, 3.63) is 72.3 Å². The number of carbonyl (C=O) groups is 1. The fraction of sp³-hybridized carbons (Fsp3) is 0. The first-order valence-electron chi connectivity index (χ1n) is 6.39. The molecule has 21 heavy (non-hydrogen) atoms. The van der Waals surface area contributed by atoms with Crippen molar-refractivity contribution in [1.82, 2.24) is 10.9 Å². The molecule has 0 aromatic heterocycles. The Morgan fingerprint density at radius 3 is 2.19 bits per heavy atom. The summed E-state index contributed by atoms with van der Waals surface area (Å²) < 4.78 is 0.